The second-order valence-electron chi connectivity index (χ2n) is 6.47. The summed E-state index contributed by atoms with van der Waals surface area (Å²) in [5.74, 6) is 0. The average Bonchev–Trinajstić information content (AvgIpc) is 2.81. The molecular formula is C15H29N5O2S. The van der Waals surface area contributed by atoms with Gasteiger partial charge >= 0.3 is 0 Å². The Balaban J connectivity index is 1.92. The van der Waals surface area contributed by atoms with Gasteiger partial charge in [0.05, 0.1) is 6.20 Å². The first-order valence-electron chi connectivity index (χ1n) is 8.20. The summed E-state index contributed by atoms with van der Waals surface area (Å²) < 4.78 is 29.3. The molecule has 1 aliphatic rings. The summed E-state index contributed by atoms with van der Waals surface area (Å²) in [6, 6.07) is 0.424. The topological polar surface area (TPSA) is 70.5 Å². The second kappa shape index (κ2) is 7.74. The number of nitrogens with zero attached hydrogens (tertiary/aromatic N) is 4. The van der Waals surface area contributed by atoms with Crippen LogP contribution in [-0.2, 0) is 23.8 Å². The highest BCUT2D eigenvalue weighted by Gasteiger charge is 2.24. The molecule has 1 N–H and O–H groups in total. The predicted molar refractivity (Wildman–Crippen MR) is 91.2 cm³/mol. The summed E-state index contributed by atoms with van der Waals surface area (Å²) in [6.45, 7) is 4.53. The molecule has 23 heavy (non-hydrogen) atoms. The van der Waals surface area contributed by atoms with Gasteiger partial charge < -0.3 is 0 Å². The van der Waals surface area contributed by atoms with Gasteiger partial charge in [0, 0.05) is 51.5 Å². The highest BCUT2D eigenvalue weighted by atomic mass is 32.2. The fourth-order valence-electron chi connectivity index (χ4n) is 3.00. The van der Waals surface area contributed by atoms with Gasteiger partial charge in [0.1, 0.15) is 0 Å². The number of aromatic nitrogens is 2. The highest BCUT2D eigenvalue weighted by molar-refractivity contribution is 7.87. The molecule has 2 rings (SSSR count). The molecule has 0 aliphatic carbocycles. The van der Waals surface area contributed by atoms with Crippen LogP contribution in [0.25, 0.3) is 0 Å². The van der Waals surface area contributed by atoms with Gasteiger partial charge in [0.2, 0.25) is 0 Å². The number of piperidine rings is 1. The summed E-state index contributed by atoms with van der Waals surface area (Å²) in [7, 11) is 1.72. The Morgan fingerprint density at radius 3 is 2.74 bits per heavy atom. The molecule has 1 unspecified atom stereocenters. The van der Waals surface area contributed by atoms with Gasteiger partial charge in [-0.2, -0.15) is 17.8 Å². The molecule has 1 fully saturated rings. The Labute approximate surface area is 139 Å². The molecule has 0 amide bonds. The zero-order valence-corrected chi connectivity index (χ0v) is 15.4. The van der Waals surface area contributed by atoms with Crippen LogP contribution >= 0.6 is 0 Å². The molecule has 1 aromatic rings. The largest absolute Gasteiger partial charge is 0.296 e. The molecule has 1 aromatic heterocycles. The van der Waals surface area contributed by atoms with E-state index in [9.17, 15) is 8.42 Å². The zero-order valence-electron chi connectivity index (χ0n) is 14.6. The Morgan fingerprint density at radius 1 is 1.39 bits per heavy atom. The molecule has 1 atom stereocenters. The quantitative estimate of drug-likeness (QED) is 0.797. The minimum atomic E-state index is -3.33. The number of aryl methyl sites for hydroxylation is 1. The maximum Gasteiger partial charge on any atom is 0.278 e. The monoisotopic (exact) mass is 343 g/mol. The Bertz CT molecular complexity index is 611. The lowest BCUT2D eigenvalue weighted by Gasteiger charge is -2.35. The maximum absolute atomic E-state index is 11.8. The molecule has 0 bridgehead atoms. The van der Waals surface area contributed by atoms with Crippen molar-refractivity contribution < 1.29 is 8.42 Å². The molecule has 0 spiro atoms. The highest BCUT2D eigenvalue weighted by Crippen LogP contribution is 2.22. The van der Waals surface area contributed by atoms with Gasteiger partial charge in [-0.25, -0.2) is 4.72 Å². The second-order valence-corrected chi connectivity index (χ2v) is 8.44. The lowest BCUT2D eigenvalue weighted by atomic mass is 9.98. The van der Waals surface area contributed by atoms with Crippen LogP contribution in [0.2, 0.25) is 0 Å². The van der Waals surface area contributed by atoms with Crippen LogP contribution in [0.3, 0.4) is 0 Å². The smallest absolute Gasteiger partial charge is 0.278 e. The number of hydrogen-bond donors (Lipinski definition) is 1. The van der Waals surface area contributed by atoms with Gasteiger partial charge in [0.25, 0.3) is 10.2 Å². The third kappa shape index (κ3) is 4.76. The van der Waals surface area contributed by atoms with E-state index in [2.05, 4.69) is 21.6 Å². The maximum atomic E-state index is 11.8. The van der Waals surface area contributed by atoms with Crippen molar-refractivity contribution >= 4 is 10.2 Å². The van der Waals surface area contributed by atoms with Crippen LogP contribution < -0.4 is 4.72 Å². The van der Waals surface area contributed by atoms with E-state index in [0.29, 0.717) is 12.6 Å². The van der Waals surface area contributed by atoms with Gasteiger partial charge in [0.15, 0.2) is 0 Å². The van der Waals surface area contributed by atoms with E-state index in [1.54, 1.807) is 14.1 Å². The van der Waals surface area contributed by atoms with Crippen molar-refractivity contribution in [2.75, 3.05) is 27.2 Å². The Morgan fingerprint density at radius 2 is 2.13 bits per heavy atom. The molecule has 1 saturated heterocycles. The summed E-state index contributed by atoms with van der Waals surface area (Å²) in [5.41, 5.74) is 2.45. The number of nitrogens with one attached hydrogen (secondary N) is 1. The van der Waals surface area contributed by atoms with Crippen molar-refractivity contribution in [1.29, 1.82) is 0 Å². The third-order valence-corrected chi connectivity index (χ3v) is 6.23. The molecule has 132 valence electrons. The summed E-state index contributed by atoms with van der Waals surface area (Å²) in [6.07, 6.45) is 6.33. The van der Waals surface area contributed by atoms with E-state index >= 15 is 0 Å². The zero-order chi connectivity index (χ0) is 17.0. The van der Waals surface area contributed by atoms with Gasteiger partial charge in [-0.05, 0) is 32.7 Å². The van der Waals surface area contributed by atoms with Crippen molar-refractivity contribution in [3.8, 4) is 0 Å². The lowest BCUT2D eigenvalue weighted by Crippen LogP contribution is -2.42. The van der Waals surface area contributed by atoms with Crippen molar-refractivity contribution in [1.82, 2.24) is 23.7 Å². The fourth-order valence-corrected chi connectivity index (χ4v) is 3.63. The first kappa shape index (κ1) is 18.4. The third-order valence-electron chi connectivity index (χ3n) is 4.70. The van der Waals surface area contributed by atoms with Crippen LogP contribution in [0.1, 0.15) is 36.9 Å². The van der Waals surface area contributed by atoms with E-state index in [1.807, 2.05) is 17.9 Å². The van der Waals surface area contributed by atoms with Crippen molar-refractivity contribution in [2.24, 2.45) is 7.05 Å². The minimum Gasteiger partial charge on any atom is -0.296 e. The summed E-state index contributed by atoms with van der Waals surface area (Å²) >= 11 is 0. The fraction of sp³-hybridized carbons (Fsp3) is 0.800. The van der Waals surface area contributed by atoms with Crippen molar-refractivity contribution in [3.63, 3.8) is 0 Å². The summed E-state index contributed by atoms with van der Waals surface area (Å²) in [5, 5.41) is 4.31. The van der Waals surface area contributed by atoms with E-state index < -0.39 is 10.2 Å². The molecule has 0 radical (unpaired) electrons. The van der Waals surface area contributed by atoms with E-state index in [4.69, 9.17) is 0 Å². The van der Waals surface area contributed by atoms with E-state index in [1.165, 1.54) is 28.4 Å². The van der Waals surface area contributed by atoms with Crippen molar-refractivity contribution in [3.05, 3.63) is 17.5 Å². The van der Waals surface area contributed by atoms with Gasteiger partial charge in [-0.3, -0.25) is 9.58 Å². The standard InChI is InChI=1S/C15H29N5O2S/c1-13-14(11-16-19(13)4)12-20-10-6-5-7-15(20)8-9-17-23(21,22)18(2)3/h11,15,17H,5-10,12H2,1-4H3. The van der Waals surface area contributed by atoms with Crippen molar-refractivity contribution in [2.45, 2.75) is 45.2 Å². The first-order valence-corrected chi connectivity index (χ1v) is 9.64. The van der Waals surface area contributed by atoms with E-state index in [-0.39, 0.29) is 0 Å². The normalized spacial score (nSPS) is 20.3. The molecule has 0 aromatic carbocycles. The van der Waals surface area contributed by atoms with Crippen LogP contribution in [0, 0.1) is 6.92 Å². The average molecular weight is 343 g/mol. The molecule has 1 aliphatic heterocycles. The Hall–Kier alpha value is -0.960. The number of rotatable bonds is 7. The lowest BCUT2D eigenvalue weighted by molar-refractivity contribution is 0.133. The summed E-state index contributed by atoms with van der Waals surface area (Å²) in [4.78, 5) is 2.47. The van der Waals surface area contributed by atoms with Crippen LogP contribution in [-0.4, -0.2) is 60.6 Å². The molecule has 8 heteroatoms. The molecule has 7 nitrogen and oxygen atoms in total. The van der Waals surface area contributed by atoms with Gasteiger partial charge in [-0.15, -0.1) is 0 Å². The SMILES string of the molecule is Cc1c(CN2CCCCC2CCNS(=O)(=O)N(C)C)cnn1C. The van der Waals surface area contributed by atoms with Crippen LogP contribution in [0.4, 0.5) is 0 Å². The number of hydrogen-bond acceptors (Lipinski definition) is 4. The van der Waals surface area contributed by atoms with Gasteiger partial charge in [-0.1, -0.05) is 6.42 Å². The minimum absolute atomic E-state index is 0.424. The van der Waals surface area contributed by atoms with Crippen LogP contribution in [0.5, 0.6) is 0 Å². The van der Waals surface area contributed by atoms with Crippen LogP contribution in [0.15, 0.2) is 6.20 Å². The van der Waals surface area contributed by atoms with E-state index in [0.717, 1.165) is 25.9 Å². The predicted octanol–water partition coefficient (Wildman–Crippen LogP) is 0.869. The molecular weight excluding hydrogens is 314 g/mol. The molecule has 0 saturated carbocycles. The Kier molecular flexibility index (Phi) is 6.19. The number of likely N-dealkylation sites (tertiary alicyclic amines) is 1. The molecule has 2 heterocycles. The first-order chi connectivity index (χ1) is 10.8.